The van der Waals surface area contributed by atoms with Crippen molar-refractivity contribution in [1.29, 1.82) is 0 Å². The van der Waals surface area contributed by atoms with E-state index in [9.17, 15) is 13.2 Å². The lowest BCUT2D eigenvalue weighted by atomic mass is 10.1. The van der Waals surface area contributed by atoms with E-state index in [1.165, 1.54) is 12.1 Å². The molecule has 0 bridgehead atoms. The van der Waals surface area contributed by atoms with Crippen LogP contribution in [0.15, 0.2) is 29.8 Å². The molecule has 0 amide bonds. The quantitative estimate of drug-likeness (QED) is 0.856. The maximum atomic E-state index is 12.5. The zero-order valence-electron chi connectivity index (χ0n) is 10.8. The first-order chi connectivity index (χ1) is 8.29. The molecule has 0 saturated heterocycles. The highest BCUT2D eigenvalue weighted by Gasteiger charge is 2.30. The van der Waals surface area contributed by atoms with Gasteiger partial charge in [-0.3, -0.25) is 0 Å². The van der Waals surface area contributed by atoms with Crippen LogP contribution in [0.1, 0.15) is 31.9 Å². The molecule has 0 spiro atoms. The van der Waals surface area contributed by atoms with Gasteiger partial charge in [-0.2, -0.15) is 13.2 Å². The molecule has 0 aliphatic heterocycles. The number of nitrogens with one attached hydrogen (secondary N) is 1. The van der Waals surface area contributed by atoms with Gasteiger partial charge in [0.25, 0.3) is 0 Å². The zero-order chi connectivity index (χ0) is 13.8. The van der Waals surface area contributed by atoms with E-state index in [0.29, 0.717) is 18.2 Å². The number of hydrogen-bond acceptors (Lipinski definition) is 1. The third kappa shape index (κ3) is 4.92. The van der Waals surface area contributed by atoms with E-state index < -0.39 is 11.7 Å². The largest absolute Gasteiger partial charge is 0.416 e. The van der Waals surface area contributed by atoms with Gasteiger partial charge in [-0.15, -0.1) is 0 Å². The Morgan fingerprint density at radius 3 is 2.56 bits per heavy atom. The molecule has 100 valence electrons. The molecule has 1 aromatic rings. The molecule has 1 nitrogen and oxygen atoms in total. The highest BCUT2D eigenvalue weighted by molar-refractivity contribution is 5.53. The van der Waals surface area contributed by atoms with Crippen LogP contribution in [0.5, 0.6) is 0 Å². The van der Waals surface area contributed by atoms with Crippen LogP contribution in [0.25, 0.3) is 6.08 Å². The van der Waals surface area contributed by atoms with Crippen LogP contribution in [0.3, 0.4) is 0 Å². The van der Waals surface area contributed by atoms with E-state index in [1.54, 1.807) is 12.1 Å². The van der Waals surface area contributed by atoms with Crippen molar-refractivity contribution in [3.63, 3.8) is 0 Å². The van der Waals surface area contributed by atoms with Crippen LogP contribution >= 0.6 is 0 Å². The Balaban J connectivity index is 2.81. The number of halogens is 3. The Morgan fingerprint density at radius 1 is 1.33 bits per heavy atom. The van der Waals surface area contributed by atoms with Crippen LogP contribution in [0, 0.1) is 0 Å². The lowest BCUT2D eigenvalue weighted by Crippen LogP contribution is -2.24. The summed E-state index contributed by atoms with van der Waals surface area (Å²) in [7, 11) is 0. The van der Waals surface area contributed by atoms with Gasteiger partial charge in [0.15, 0.2) is 0 Å². The van der Waals surface area contributed by atoms with Gasteiger partial charge >= 0.3 is 6.18 Å². The van der Waals surface area contributed by atoms with Crippen molar-refractivity contribution >= 4 is 6.08 Å². The van der Waals surface area contributed by atoms with Crippen molar-refractivity contribution in [2.75, 3.05) is 6.54 Å². The van der Waals surface area contributed by atoms with Crippen molar-refractivity contribution < 1.29 is 13.2 Å². The van der Waals surface area contributed by atoms with Gasteiger partial charge in [0, 0.05) is 12.6 Å². The van der Waals surface area contributed by atoms with Gasteiger partial charge in [0.2, 0.25) is 0 Å². The van der Waals surface area contributed by atoms with Crippen LogP contribution in [-0.4, -0.2) is 12.6 Å². The average molecular weight is 257 g/mol. The molecule has 1 N–H and O–H groups in total. The smallest absolute Gasteiger partial charge is 0.311 e. The fraction of sp³-hybridized carbons (Fsp3) is 0.429. The van der Waals surface area contributed by atoms with Gasteiger partial charge in [-0.05, 0) is 24.6 Å². The molecule has 0 atom stereocenters. The first-order valence-electron chi connectivity index (χ1n) is 5.87. The second kappa shape index (κ2) is 6.05. The average Bonchev–Trinajstić information content (AvgIpc) is 2.25. The van der Waals surface area contributed by atoms with E-state index in [1.807, 2.05) is 20.8 Å². The number of benzene rings is 1. The number of rotatable bonds is 4. The van der Waals surface area contributed by atoms with Crippen LogP contribution in [0.4, 0.5) is 13.2 Å². The summed E-state index contributed by atoms with van der Waals surface area (Å²) >= 11 is 0. The van der Waals surface area contributed by atoms with Crippen molar-refractivity contribution in [3.8, 4) is 0 Å². The van der Waals surface area contributed by atoms with Gasteiger partial charge in [-0.25, -0.2) is 0 Å². The molecule has 4 heteroatoms. The van der Waals surface area contributed by atoms with Gasteiger partial charge in [0.1, 0.15) is 0 Å². The van der Waals surface area contributed by atoms with E-state index in [4.69, 9.17) is 0 Å². The summed E-state index contributed by atoms with van der Waals surface area (Å²) in [6, 6.07) is 5.71. The summed E-state index contributed by atoms with van der Waals surface area (Å²) in [5.74, 6) is 0. The fourth-order valence-electron chi connectivity index (χ4n) is 1.51. The summed E-state index contributed by atoms with van der Waals surface area (Å²) in [5, 5.41) is 3.22. The summed E-state index contributed by atoms with van der Waals surface area (Å²) < 4.78 is 37.6. The van der Waals surface area contributed by atoms with Gasteiger partial charge in [-0.1, -0.05) is 37.6 Å². The first kappa shape index (κ1) is 14.8. The van der Waals surface area contributed by atoms with Gasteiger partial charge in [0.05, 0.1) is 5.56 Å². The highest BCUT2D eigenvalue weighted by Crippen LogP contribution is 2.29. The van der Waals surface area contributed by atoms with E-state index in [0.717, 1.165) is 11.6 Å². The number of hydrogen-bond donors (Lipinski definition) is 1. The molecule has 0 aromatic heterocycles. The lowest BCUT2D eigenvalue weighted by molar-refractivity contribution is -0.137. The highest BCUT2D eigenvalue weighted by atomic mass is 19.4. The lowest BCUT2D eigenvalue weighted by Gasteiger charge is -2.09. The molecular formula is C14H18F3N. The fourth-order valence-corrected chi connectivity index (χ4v) is 1.51. The van der Waals surface area contributed by atoms with E-state index in [2.05, 4.69) is 5.32 Å². The number of alkyl halides is 3. The maximum absolute atomic E-state index is 12.5. The standard InChI is InChI=1S/C14H18F3N/c1-10(2)18-9-11(3)7-12-5-4-6-13(8-12)14(15,16)17/h4-8,10,18H,9H2,1-3H3. The Morgan fingerprint density at radius 2 is 2.00 bits per heavy atom. The van der Waals surface area contributed by atoms with Crippen molar-refractivity contribution in [1.82, 2.24) is 5.32 Å². The Kier molecular flexibility index (Phi) is 4.96. The predicted molar refractivity (Wildman–Crippen MR) is 68.2 cm³/mol. The summed E-state index contributed by atoms with van der Waals surface area (Å²) in [6.07, 6.45) is -2.52. The van der Waals surface area contributed by atoms with Crippen LogP contribution in [0.2, 0.25) is 0 Å². The molecule has 0 fully saturated rings. The molecule has 1 rings (SSSR count). The Bertz CT molecular complexity index is 419. The second-order valence-corrected chi connectivity index (χ2v) is 4.65. The predicted octanol–water partition coefficient (Wildman–Crippen LogP) is 4.11. The molecule has 0 heterocycles. The third-order valence-electron chi connectivity index (χ3n) is 2.42. The van der Waals surface area contributed by atoms with Crippen LogP contribution < -0.4 is 5.32 Å². The molecule has 0 unspecified atom stereocenters. The van der Waals surface area contributed by atoms with Gasteiger partial charge < -0.3 is 5.32 Å². The van der Waals surface area contributed by atoms with E-state index in [-0.39, 0.29) is 0 Å². The molecule has 0 radical (unpaired) electrons. The Hall–Kier alpha value is -1.29. The van der Waals surface area contributed by atoms with Crippen molar-refractivity contribution in [2.24, 2.45) is 0 Å². The zero-order valence-corrected chi connectivity index (χ0v) is 10.8. The molecule has 0 aliphatic carbocycles. The molecule has 18 heavy (non-hydrogen) atoms. The normalized spacial score (nSPS) is 13.2. The van der Waals surface area contributed by atoms with Crippen molar-refractivity contribution in [3.05, 3.63) is 41.0 Å². The Labute approximate surface area is 106 Å². The minimum atomic E-state index is -4.28. The topological polar surface area (TPSA) is 12.0 Å². The monoisotopic (exact) mass is 257 g/mol. The molecule has 0 aliphatic rings. The SMILES string of the molecule is CC(=Cc1cccc(C(F)(F)F)c1)CNC(C)C. The second-order valence-electron chi connectivity index (χ2n) is 4.65. The third-order valence-corrected chi connectivity index (χ3v) is 2.42. The van der Waals surface area contributed by atoms with Crippen molar-refractivity contribution in [2.45, 2.75) is 33.0 Å². The molecule has 1 aromatic carbocycles. The summed E-state index contributed by atoms with van der Waals surface area (Å²) in [4.78, 5) is 0. The first-order valence-corrected chi connectivity index (χ1v) is 5.87. The van der Waals surface area contributed by atoms with Crippen LogP contribution in [-0.2, 0) is 6.18 Å². The van der Waals surface area contributed by atoms with E-state index >= 15 is 0 Å². The molecule has 0 saturated carbocycles. The summed E-state index contributed by atoms with van der Waals surface area (Å²) in [5.41, 5.74) is 0.969. The molecular weight excluding hydrogens is 239 g/mol. The summed E-state index contributed by atoms with van der Waals surface area (Å²) in [6.45, 7) is 6.62. The minimum absolute atomic E-state index is 0.356. The maximum Gasteiger partial charge on any atom is 0.416 e. The minimum Gasteiger partial charge on any atom is -0.311 e.